The number of hydrogen-bond acceptors (Lipinski definition) is 3. The lowest BCUT2D eigenvalue weighted by molar-refractivity contribution is 0.140. The van der Waals surface area contributed by atoms with Crippen LogP contribution >= 0.6 is 0 Å². The van der Waals surface area contributed by atoms with Gasteiger partial charge in [0.15, 0.2) is 0 Å². The Labute approximate surface area is 59.0 Å². The Kier molecular flexibility index (Phi) is 1.76. The maximum Gasteiger partial charge on any atom is 0.411 e. The van der Waals surface area contributed by atoms with Gasteiger partial charge in [-0.25, -0.2) is 4.79 Å². The highest BCUT2D eigenvalue weighted by molar-refractivity contribution is 5.70. The Bertz CT molecular complexity index is 185. The molecule has 0 bridgehead atoms. The van der Waals surface area contributed by atoms with Crippen LogP contribution in [0.15, 0.2) is 0 Å². The van der Waals surface area contributed by atoms with Crippen molar-refractivity contribution in [3.8, 4) is 6.07 Å². The molecule has 0 saturated carbocycles. The van der Waals surface area contributed by atoms with Crippen molar-refractivity contribution < 1.29 is 9.53 Å². The first-order chi connectivity index (χ1) is 4.74. The highest BCUT2D eigenvalue weighted by Gasteiger charge is 2.27. The summed E-state index contributed by atoms with van der Waals surface area (Å²) in [5.74, 6) is 0. The molecular formula is C6H8N2O2. The molecular weight excluding hydrogens is 132 g/mol. The molecule has 4 nitrogen and oxygen atoms in total. The van der Waals surface area contributed by atoms with E-state index in [-0.39, 0.29) is 18.7 Å². The maximum absolute atomic E-state index is 10.7. The van der Waals surface area contributed by atoms with Crippen LogP contribution < -0.4 is 0 Å². The molecule has 1 atom stereocenters. The van der Waals surface area contributed by atoms with Crippen LogP contribution in [0.2, 0.25) is 0 Å². The Hall–Kier alpha value is -1.24. The number of nitrogens with zero attached hydrogens (tertiary/aromatic N) is 2. The lowest BCUT2D eigenvalue weighted by Gasteiger charge is -2.04. The van der Waals surface area contributed by atoms with E-state index in [9.17, 15) is 4.79 Å². The van der Waals surface area contributed by atoms with Gasteiger partial charge in [-0.1, -0.05) is 0 Å². The molecule has 0 radical (unpaired) electrons. The minimum atomic E-state index is -0.381. The van der Waals surface area contributed by atoms with E-state index in [4.69, 9.17) is 10.00 Å². The van der Waals surface area contributed by atoms with E-state index in [1.807, 2.05) is 6.07 Å². The first-order valence-electron chi connectivity index (χ1n) is 3.06. The molecule has 0 aromatic heterocycles. The van der Waals surface area contributed by atoms with Crippen molar-refractivity contribution in [1.82, 2.24) is 4.90 Å². The normalized spacial score (nSPS) is 24.2. The van der Waals surface area contributed by atoms with Crippen LogP contribution in [0.25, 0.3) is 0 Å². The zero-order valence-electron chi connectivity index (χ0n) is 5.70. The summed E-state index contributed by atoms with van der Waals surface area (Å²) in [7, 11) is 0. The van der Waals surface area contributed by atoms with Gasteiger partial charge in [0.05, 0.1) is 12.6 Å². The summed E-state index contributed by atoms with van der Waals surface area (Å²) in [5, 5.41) is 8.23. The highest BCUT2D eigenvalue weighted by atomic mass is 16.6. The van der Waals surface area contributed by atoms with Crippen molar-refractivity contribution >= 4 is 6.09 Å². The van der Waals surface area contributed by atoms with Crippen molar-refractivity contribution in [3.05, 3.63) is 0 Å². The molecule has 1 rings (SSSR count). The van der Waals surface area contributed by atoms with Crippen LogP contribution in [0.4, 0.5) is 4.79 Å². The van der Waals surface area contributed by atoms with E-state index in [1.165, 1.54) is 4.90 Å². The fourth-order valence-corrected chi connectivity index (χ4v) is 0.883. The van der Waals surface area contributed by atoms with Gasteiger partial charge < -0.3 is 4.74 Å². The number of carbonyl (C=O) groups excluding carboxylic acids is 1. The fraction of sp³-hybridized carbons (Fsp3) is 0.667. The smallest absolute Gasteiger partial charge is 0.411 e. The standard InChI is InChI=1S/C6H8N2O2/c1-5-4-8(3-2-7)6(9)10-5/h5H,3-4H2,1H3. The zero-order chi connectivity index (χ0) is 7.56. The number of cyclic esters (lactones) is 1. The highest BCUT2D eigenvalue weighted by Crippen LogP contribution is 2.08. The predicted octanol–water partition coefficient (Wildman–Crippen LogP) is 0.351. The molecule has 0 N–H and O–H groups in total. The molecule has 54 valence electrons. The molecule has 1 unspecified atom stereocenters. The van der Waals surface area contributed by atoms with Crippen molar-refractivity contribution in [2.75, 3.05) is 13.1 Å². The molecule has 0 aromatic carbocycles. The maximum atomic E-state index is 10.7. The van der Waals surface area contributed by atoms with Gasteiger partial charge in [-0.2, -0.15) is 5.26 Å². The second-order valence-corrected chi connectivity index (χ2v) is 2.23. The van der Waals surface area contributed by atoms with Crippen molar-refractivity contribution in [1.29, 1.82) is 5.26 Å². The average molecular weight is 140 g/mol. The Morgan fingerprint density at radius 2 is 2.70 bits per heavy atom. The van der Waals surface area contributed by atoms with E-state index in [1.54, 1.807) is 6.92 Å². The average Bonchev–Trinajstić information content (AvgIpc) is 2.13. The van der Waals surface area contributed by atoms with E-state index in [0.29, 0.717) is 6.54 Å². The van der Waals surface area contributed by atoms with Gasteiger partial charge in [0.25, 0.3) is 0 Å². The number of hydrogen-bond donors (Lipinski definition) is 0. The minimum Gasteiger partial charge on any atom is -0.444 e. The molecule has 4 heteroatoms. The number of carbonyl (C=O) groups is 1. The second-order valence-electron chi connectivity index (χ2n) is 2.23. The van der Waals surface area contributed by atoms with Crippen molar-refractivity contribution in [3.63, 3.8) is 0 Å². The summed E-state index contributed by atoms with van der Waals surface area (Å²) < 4.78 is 4.76. The van der Waals surface area contributed by atoms with Crippen LogP contribution in [0.5, 0.6) is 0 Å². The third-order valence-electron chi connectivity index (χ3n) is 1.30. The number of amides is 1. The zero-order valence-corrected chi connectivity index (χ0v) is 5.70. The molecule has 1 fully saturated rings. The third kappa shape index (κ3) is 1.18. The molecule has 0 aliphatic carbocycles. The van der Waals surface area contributed by atoms with Gasteiger partial charge in [-0.15, -0.1) is 0 Å². The lowest BCUT2D eigenvalue weighted by atomic mass is 10.4. The summed E-state index contributed by atoms with van der Waals surface area (Å²) in [4.78, 5) is 12.1. The Morgan fingerprint density at radius 1 is 2.00 bits per heavy atom. The topological polar surface area (TPSA) is 53.3 Å². The Balaban J connectivity index is 2.48. The monoisotopic (exact) mass is 140 g/mol. The summed E-state index contributed by atoms with van der Waals surface area (Å²) in [6.45, 7) is 2.46. The molecule has 0 spiro atoms. The van der Waals surface area contributed by atoms with E-state index in [2.05, 4.69) is 0 Å². The SMILES string of the molecule is CC1CN(CC#N)C(=O)O1. The van der Waals surface area contributed by atoms with Crippen LogP contribution in [0, 0.1) is 11.3 Å². The van der Waals surface area contributed by atoms with Gasteiger partial charge in [0.1, 0.15) is 12.6 Å². The van der Waals surface area contributed by atoms with Crippen molar-refractivity contribution in [2.24, 2.45) is 0 Å². The molecule has 1 amide bonds. The third-order valence-corrected chi connectivity index (χ3v) is 1.30. The molecule has 1 saturated heterocycles. The van der Waals surface area contributed by atoms with Crippen LogP contribution in [0.3, 0.4) is 0 Å². The van der Waals surface area contributed by atoms with Crippen LogP contribution in [-0.4, -0.2) is 30.2 Å². The largest absolute Gasteiger partial charge is 0.444 e. The molecule has 1 heterocycles. The van der Waals surface area contributed by atoms with Gasteiger partial charge >= 0.3 is 6.09 Å². The van der Waals surface area contributed by atoms with Gasteiger partial charge in [0, 0.05) is 0 Å². The Morgan fingerprint density at radius 3 is 3.10 bits per heavy atom. The van der Waals surface area contributed by atoms with E-state index in [0.717, 1.165) is 0 Å². The molecule has 1 aliphatic rings. The van der Waals surface area contributed by atoms with Gasteiger partial charge in [0.2, 0.25) is 0 Å². The first kappa shape index (κ1) is 6.87. The minimum absolute atomic E-state index is 0.0687. The number of rotatable bonds is 1. The quantitative estimate of drug-likeness (QED) is 0.494. The number of ether oxygens (including phenoxy) is 1. The van der Waals surface area contributed by atoms with Gasteiger partial charge in [-0.05, 0) is 6.92 Å². The van der Waals surface area contributed by atoms with Crippen LogP contribution in [-0.2, 0) is 4.74 Å². The number of nitriles is 1. The summed E-state index contributed by atoms with van der Waals surface area (Å²) in [6.07, 6.45) is -0.449. The molecule has 0 aromatic rings. The second kappa shape index (κ2) is 2.56. The summed E-state index contributed by atoms with van der Waals surface area (Å²) >= 11 is 0. The van der Waals surface area contributed by atoms with E-state index >= 15 is 0 Å². The van der Waals surface area contributed by atoms with E-state index < -0.39 is 0 Å². The van der Waals surface area contributed by atoms with Gasteiger partial charge in [-0.3, -0.25) is 4.90 Å². The fourth-order valence-electron chi connectivity index (χ4n) is 0.883. The molecule has 1 aliphatic heterocycles. The summed E-state index contributed by atoms with van der Waals surface area (Å²) in [5.41, 5.74) is 0. The van der Waals surface area contributed by atoms with Crippen molar-refractivity contribution in [2.45, 2.75) is 13.0 Å². The lowest BCUT2D eigenvalue weighted by Crippen LogP contribution is -2.24. The molecule has 10 heavy (non-hydrogen) atoms. The predicted molar refractivity (Wildman–Crippen MR) is 33.1 cm³/mol. The summed E-state index contributed by atoms with van der Waals surface area (Å²) in [6, 6.07) is 1.89. The van der Waals surface area contributed by atoms with Crippen LogP contribution in [0.1, 0.15) is 6.92 Å². The first-order valence-corrected chi connectivity index (χ1v) is 3.06.